The van der Waals surface area contributed by atoms with Crippen LogP contribution in [0.5, 0.6) is 0 Å². The zero-order valence-corrected chi connectivity index (χ0v) is 33.5. The molecule has 0 saturated carbocycles. The molecule has 3 saturated heterocycles. The predicted molar refractivity (Wildman–Crippen MR) is 202 cm³/mol. The number of amides is 3. The lowest BCUT2D eigenvalue weighted by atomic mass is 10.00. The van der Waals surface area contributed by atoms with Crippen molar-refractivity contribution in [1.29, 1.82) is 0 Å². The summed E-state index contributed by atoms with van der Waals surface area (Å²) in [7, 11) is -2.58. The van der Waals surface area contributed by atoms with Crippen molar-refractivity contribution in [3.63, 3.8) is 0 Å². The lowest BCUT2D eigenvalue weighted by molar-refractivity contribution is -0.129. The summed E-state index contributed by atoms with van der Waals surface area (Å²) >= 11 is 0. The van der Waals surface area contributed by atoms with E-state index < -0.39 is 41.1 Å². The molecule has 3 aliphatic heterocycles. The predicted octanol–water partition coefficient (Wildman–Crippen LogP) is 5.79. The topological polar surface area (TPSA) is 141 Å². The van der Waals surface area contributed by atoms with Gasteiger partial charge in [0.1, 0.15) is 36.2 Å². The summed E-state index contributed by atoms with van der Waals surface area (Å²) in [5.74, 6) is 0.134. The van der Waals surface area contributed by atoms with Gasteiger partial charge in [-0.05, 0) is 48.8 Å². The Morgan fingerprint density at radius 1 is 0.922 bits per heavy atom. The Kier molecular flexibility index (Phi) is 11.1. The monoisotopic (exact) mass is 736 g/mol. The number of likely N-dealkylation sites (N-methyl/N-ethyl adjacent to an activating group) is 1. The number of carbonyl (C=O) groups is 2. The maximum atomic E-state index is 14.2. The van der Waals surface area contributed by atoms with E-state index in [9.17, 15) is 9.59 Å². The molecule has 3 aromatic rings. The average Bonchev–Trinajstić information content (AvgIpc) is 3.58. The van der Waals surface area contributed by atoms with E-state index in [1.165, 1.54) is 11.2 Å². The van der Waals surface area contributed by atoms with Crippen molar-refractivity contribution in [2.24, 2.45) is 0 Å². The molecule has 0 bridgehead atoms. The minimum absolute atomic E-state index is 0.149. The summed E-state index contributed by atoms with van der Waals surface area (Å²) in [4.78, 5) is 46.3. The molecule has 15 heteroatoms. The van der Waals surface area contributed by atoms with Gasteiger partial charge in [-0.15, -0.1) is 0 Å². The fraction of sp³-hybridized carbons (Fsp3) is 0.639. The number of rotatable bonds is 15. The third-order valence-corrected chi connectivity index (χ3v) is 21.5. The van der Waals surface area contributed by atoms with Crippen LogP contribution in [0, 0.1) is 0 Å². The first-order valence-electron chi connectivity index (χ1n) is 18.8. The van der Waals surface area contributed by atoms with Crippen LogP contribution < -0.4 is 5.73 Å². The molecule has 3 fully saturated rings. The largest absolute Gasteiger partial charge is 0.408 e. The van der Waals surface area contributed by atoms with Gasteiger partial charge in [-0.2, -0.15) is 0 Å². The first kappa shape index (κ1) is 37.5. The van der Waals surface area contributed by atoms with Crippen molar-refractivity contribution >= 4 is 45.6 Å². The fourth-order valence-electron chi connectivity index (χ4n) is 8.18. The van der Waals surface area contributed by atoms with E-state index >= 15 is 0 Å². The number of hydrogen-bond donors (Lipinski definition) is 1. The Hall–Kier alpha value is -3.22. The van der Waals surface area contributed by atoms with Crippen molar-refractivity contribution in [2.45, 2.75) is 127 Å². The Labute approximate surface area is 304 Å². The third-order valence-electron chi connectivity index (χ3n) is 12.2. The summed E-state index contributed by atoms with van der Waals surface area (Å²) in [6.07, 6.45) is 1.41. The van der Waals surface area contributed by atoms with E-state index in [0.717, 1.165) is 41.8 Å². The van der Waals surface area contributed by atoms with Crippen LogP contribution in [0.15, 0.2) is 43.0 Å². The van der Waals surface area contributed by atoms with E-state index in [0.29, 0.717) is 30.1 Å². The average molecular weight is 737 g/mol. The standard InChI is InChI=1S/C36H56N8O5Si2/c1-9-50(10-2,11-3)48-30-27(21-42-20-26(42)34(45)44-29(24(7)41(8)36(44)46)25-18-16-15-17-19-25)47-35(31(30)49-51(12-4,13-5)14-6)43-23-40-28-32(37)38-22-39-33(28)43/h15-19,22-24,26-27,29-31,35H,9-14,20-21H2,1-8H3,(H2,37,38,39)/t24-,26?,27-,29-,30-,31-,35-,42?/m1/s1. The van der Waals surface area contributed by atoms with Crippen molar-refractivity contribution in [1.82, 2.24) is 34.2 Å². The van der Waals surface area contributed by atoms with Crippen LogP contribution in [0.1, 0.15) is 66.3 Å². The zero-order valence-electron chi connectivity index (χ0n) is 31.5. The van der Waals surface area contributed by atoms with Crippen LogP contribution >= 0.6 is 0 Å². The lowest BCUT2D eigenvalue weighted by Crippen LogP contribution is -2.52. The number of anilines is 1. The van der Waals surface area contributed by atoms with Crippen LogP contribution in [0.2, 0.25) is 36.3 Å². The second-order valence-corrected chi connectivity index (χ2v) is 23.9. The molecule has 0 radical (unpaired) electrons. The smallest absolute Gasteiger partial charge is 0.327 e. The molecule has 2 N–H and O–H groups in total. The highest BCUT2D eigenvalue weighted by molar-refractivity contribution is 6.74. The number of hydrogen-bond acceptors (Lipinski definition) is 10. The van der Waals surface area contributed by atoms with Gasteiger partial charge in [0, 0.05) is 20.1 Å². The molecule has 8 atom stereocenters. The molecule has 3 amide bonds. The molecular formula is C36H56N8O5Si2. The molecule has 2 unspecified atom stereocenters. The summed E-state index contributed by atoms with van der Waals surface area (Å²) in [5.41, 5.74) is 8.27. The van der Waals surface area contributed by atoms with Crippen LogP contribution in [0.25, 0.3) is 11.2 Å². The van der Waals surface area contributed by atoms with Crippen LogP contribution in [0.4, 0.5) is 10.6 Å². The quantitative estimate of drug-likeness (QED) is 0.151. The van der Waals surface area contributed by atoms with Gasteiger partial charge in [-0.1, -0.05) is 71.9 Å². The van der Waals surface area contributed by atoms with Gasteiger partial charge in [-0.25, -0.2) is 19.7 Å². The van der Waals surface area contributed by atoms with Crippen molar-refractivity contribution in [3.05, 3.63) is 48.5 Å². The minimum atomic E-state index is -2.18. The molecule has 5 heterocycles. The van der Waals surface area contributed by atoms with Crippen LogP contribution in [-0.2, 0) is 18.4 Å². The minimum Gasteiger partial charge on any atom is -0.408 e. The van der Waals surface area contributed by atoms with Crippen LogP contribution in [0.3, 0.4) is 0 Å². The number of nitrogens with zero attached hydrogens (tertiary/aromatic N) is 7. The van der Waals surface area contributed by atoms with E-state index in [4.69, 9.17) is 19.3 Å². The van der Waals surface area contributed by atoms with Crippen molar-refractivity contribution < 1.29 is 23.2 Å². The number of carbonyl (C=O) groups excluding carboxylic acids is 2. The number of fused-ring (bicyclic) bond motifs is 1. The fourth-order valence-corrected chi connectivity index (χ4v) is 13.9. The number of imidazole rings is 1. The SMILES string of the molecule is CC[Si](CC)(CC)O[C@@H]1[C@H](O[Si](CC)(CC)CC)[C@@H](CN2CC2C(=O)N2C(=O)N(C)[C@H](C)[C@@H]2c2ccccc2)O[C@H]1n1cnc2c(N)ncnc21. The van der Waals surface area contributed by atoms with Gasteiger partial charge in [-0.3, -0.25) is 19.2 Å². The van der Waals surface area contributed by atoms with Crippen LogP contribution in [-0.4, -0.2) is 113 Å². The van der Waals surface area contributed by atoms with Gasteiger partial charge in [0.25, 0.3) is 0 Å². The molecule has 2 aromatic heterocycles. The highest BCUT2D eigenvalue weighted by Gasteiger charge is 2.57. The Balaban J connectivity index is 1.34. The van der Waals surface area contributed by atoms with Gasteiger partial charge < -0.3 is 24.2 Å². The number of aromatic nitrogens is 4. The number of nitrogens with two attached hydrogens (primary N) is 1. The van der Waals surface area contributed by atoms with Gasteiger partial charge in [0.15, 0.2) is 34.3 Å². The normalized spacial score (nSPS) is 28.3. The number of nitrogen functional groups attached to an aromatic ring is 1. The zero-order chi connectivity index (χ0) is 36.7. The maximum absolute atomic E-state index is 14.2. The summed E-state index contributed by atoms with van der Waals surface area (Å²) in [6, 6.07) is 14.5. The second-order valence-electron chi connectivity index (χ2n) is 14.5. The first-order valence-corrected chi connectivity index (χ1v) is 23.9. The molecular weight excluding hydrogens is 681 g/mol. The van der Waals surface area contributed by atoms with Crippen molar-refractivity contribution in [3.8, 4) is 0 Å². The maximum Gasteiger partial charge on any atom is 0.327 e. The van der Waals surface area contributed by atoms with Gasteiger partial charge in [0.05, 0.1) is 18.4 Å². The molecule has 1 aromatic carbocycles. The van der Waals surface area contributed by atoms with Gasteiger partial charge in [0.2, 0.25) is 5.91 Å². The highest BCUT2D eigenvalue weighted by Crippen LogP contribution is 2.43. The van der Waals surface area contributed by atoms with E-state index in [2.05, 4.69) is 61.4 Å². The molecule has 0 spiro atoms. The second kappa shape index (κ2) is 15.0. The Bertz CT molecular complexity index is 1670. The molecule has 278 valence electrons. The van der Waals surface area contributed by atoms with E-state index in [-0.39, 0.29) is 30.1 Å². The Morgan fingerprint density at radius 3 is 2.14 bits per heavy atom. The summed E-state index contributed by atoms with van der Waals surface area (Å²) in [6.45, 7) is 16.4. The molecule has 0 aliphatic carbocycles. The molecule has 3 aliphatic rings. The lowest BCUT2D eigenvalue weighted by Gasteiger charge is -2.39. The number of imide groups is 1. The third kappa shape index (κ3) is 6.76. The van der Waals surface area contributed by atoms with Crippen molar-refractivity contribution in [2.75, 3.05) is 25.9 Å². The Morgan fingerprint density at radius 2 is 1.53 bits per heavy atom. The number of ether oxygens (including phenoxy) is 1. The van der Waals surface area contributed by atoms with E-state index in [1.807, 2.05) is 41.8 Å². The molecule has 51 heavy (non-hydrogen) atoms. The van der Waals surface area contributed by atoms with E-state index in [1.54, 1.807) is 18.3 Å². The summed E-state index contributed by atoms with van der Waals surface area (Å²) in [5, 5.41) is 0. The molecule has 6 rings (SSSR count). The number of benzene rings is 1. The molecule has 13 nitrogen and oxygen atoms in total. The summed E-state index contributed by atoms with van der Waals surface area (Å²) < 4.78 is 23.8. The van der Waals surface area contributed by atoms with Gasteiger partial charge >= 0.3 is 6.03 Å². The first-order chi connectivity index (χ1) is 24.5. The highest BCUT2D eigenvalue weighted by atomic mass is 28.4. The number of urea groups is 1.